The normalized spacial score (nSPS) is 24.3. The summed E-state index contributed by atoms with van der Waals surface area (Å²) in [5, 5.41) is 8.27. The summed E-state index contributed by atoms with van der Waals surface area (Å²) >= 11 is 1.28. The number of carbonyl (C=O) groups excluding carboxylic acids is 1. The van der Waals surface area contributed by atoms with Gasteiger partial charge in [0.1, 0.15) is 4.88 Å². The molecule has 0 spiro atoms. The van der Waals surface area contributed by atoms with Crippen LogP contribution >= 0.6 is 11.5 Å². The summed E-state index contributed by atoms with van der Waals surface area (Å²) in [6.45, 7) is 3.40. The highest BCUT2D eigenvalue weighted by Crippen LogP contribution is 2.35. The van der Waals surface area contributed by atoms with Crippen molar-refractivity contribution in [1.82, 2.24) is 24.5 Å². The van der Waals surface area contributed by atoms with E-state index in [0.717, 1.165) is 29.1 Å². The maximum atomic E-state index is 12.9. The van der Waals surface area contributed by atoms with E-state index < -0.39 is 9.84 Å². The molecule has 0 bridgehead atoms. The standard InChI is InChI=1S/C18H25N5O4S2/c1-12-8-15(27-20-12)18-17(19-21-28-18)13-4-3-6-23(9-13)16(24)10-22(2)14-5-7-29(25,26)11-14/h8,13-14H,3-7,9-11H2,1-2H3/t13-,14+/m0/s1. The highest BCUT2D eigenvalue weighted by molar-refractivity contribution is 7.91. The van der Waals surface area contributed by atoms with Gasteiger partial charge < -0.3 is 9.42 Å². The number of amides is 1. The first-order valence-electron chi connectivity index (χ1n) is 9.77. The molecule has 4 rings (SSSR count). The monoisotopic (exact) mass is 439 g/mol. The molecule has 0 unspecified atom stereocenters. The van der Waals surface area contributed by atoms with Gasteiger partial charge >= 0.3 is 0 Å². The molecule has 2 aromatic heterocycles. The van der Waals surface area contributed by atoms with Crippen LogP contribution < -0.4 is 0 Å². The van der Waals surface area contributed by atoms with E-state index in [4.69, 9.17) is 4.52 Å². The van der Waals surface area contributed by atoms with Crippen LogP contribution in [0.25, 0.3) is 10.6 Å². The molecule has 2 aliphatic rings. The summed E-state index contributed by atoms with van der Waals surface area (Å²) in [5.41, 5.74) is 1.66. The first kappa shape index (κ1) is 20.4. The van der Waals surface area contributed by atoms with Gasteiger partial charge in [-0.15, -0.1) is 5.10 Å². The Hall–Kier alpha value is -1.85. The maximum absolute atomic E-state index is 12.9. The summed E-state index contributed by atoms with van der Waals surface area (Å²) in [6, 6.07) is 1.79. The van der Waals surface area contributed by atoms with E-state index in [1.807, 2.05) is 29.8 Å². The van der Waals surface area contributed by atoms with Crippen molar-refractivity contribution in [1.29, 1.82) is 0 Å². The Labute approximate surface area is 174 Å². The third-order valence-electron chi connectivity index (χ3n) is 5.74. The Morgan fingerprint density at radius 3 is 2.93 bits per heavy atom. The maximum Gasteiger partial charge on any atom is 0.236 e. The predicted octanol–water partition coefficient (Wildman–Crippen LogP) is 1.33. The van der Waals surface area contributed by atoms with Crippen LogP contribution in [0.2, 0.25) is 0 Å². The number of likely N-dealkylation sites (tertiary alicyclic amines) is 1. The average molecular weight is 440 g/mol. The van der Waals surface area contributed by atoms with Gasteiger partial charge in [-0.1, -0.05) is 9.64 Å². The minimum atomic E-state index is -2.96. The van der Waals surface area contributed by atoms with Crippen LogP contribution in [0.5, 0.6) is 0 Å². The first-order valence-corrected chi connectivity index (χ1v) is 12.4. The minimum absolute atomic E-state index is 0.0294. The molecule has 0 saturated carbocycles. The van der Waals surface area contributed by atoms with Crippen molar-refractivity contribution in [3.63, 3.8) is 0 Å². The van der Waals surface area contributed by atoms with Crippen LogP contribution in [0, 0.1) is 6.92 Å². The number of piperidine rings is 1. The molecule has 1 amide bonds. The van der Waals surface area contributed by atoms with E-state index in [0.29, 0.717) is 25.3 Å². The third-order valence-corrected chi connectivity index (χ3v) is 8.25. The second-order valence-electron chi connectivity index (χ2n) is 7.97. The van der Waals surface area contributed by atoms with Crippen LogP contribution in [0.15, 0.2) is 10.6 Å². The molecule has 2 atom stereocenters. The second-order valence-corrected chi connectivity index (χ2v) is 11.0. The lowest BCUT2D eigenvalue weighted by molar-refractivity contribution is -0.133. The number of nitrogens with zero attached hydrogens (tertiary/aromatic N) is 5. The molecule has 2 saturated heterocycles. The van der Waals surface area contributed by atoms with Crippen molar-refractivity contribution in [2.24, 2.45) is 0 Å². The van der Waals surface area contributed by atoms with Crippen molar-refractivity contribution in [2.45, 2.75) is 38.1 Å². The number of hydrogen-bond acceptors (Lipinski definition) is 9. The van der Waals surface area contributed by atoms with Crippen molar-refractivity contribution in [3.8, 4) is 10.6 Å². The molecule has 9 nitrogen and oxygen atoms in total. The molecular formula is C18H25N5O4S2. The number of aryl methyl sites for hydroxylation is 1. The lowest BCUT2D eigenvalue weighted by atomic mass is 9.93. The van der Waals surface area contributed by atoms with E-state index in [1.165, 1.54) is 11.5 Å². The topological polar surface area (TPSA) is 110 Å². The van der Waals surface area contributed by atoms with Crippen LogP contribution in [-0.2, 0) is 14.6 Å². The highest BCUT2D eigenvalue weighted by Gasteiger charge is 2.34. The molecule has 0 aromatic carbocycles. The van der Waals surface area contributed by atoms with Gasteiger partial charge in [0.25, 0.3) is 0 Å². The number of aromatic nitrogens is 3. The molecule has 2 fully saturated rings. The largest absolute Gasteiger partial charge is 0.355 e. The number of hydrogen-bond donors (Lipinski definition) is 0. The van der Waals surface area contributed by atoms with Crippen molar-refractivity contribution in [2.75, 3.05) is 38.2 Å². The van der Waals surface area contributed by atoms with Crippen LogP contribution in [-0.4, -0.2) is 83.1 Å². The lowest BCUT2D eigenvalue weighted by Gasteiger charge is -2.34. The minimum Gasteiger partial charge on any atom is -0.355 e. The van der Waals surface area contributed by atoms with Gasteiger partial charge in [0.05, 0.1) is 29.4 Å². The number of carbonyl (C=O) groups is 1. The smallest absolute Gasteiger partial charge is 0.236 e. The molecule has 2 aliphatic heterocycles. The summed E-state index contributed by atoms with van der Waals surface area (Å²) < 4.78 is 32.9. The SMILES string of the molecule is Cc1cc(-c2snnc2[C@H]2CCCN(C(=O)CN(C)[C@@H]3CCS(=O)(=O)C3)C2)on1. The summed E-state index contributed by atoms with van der Waals surface area (Å²) in [7, 11) is -1.13. The fourth-order valence-corrected chi connectivity index (χ4v) is 6.60. The number of likely N-dealkylation sites (N-methyl/N-ethyl adjacent to an activating group) is 1. The summed E-state index contributed by atoms with van der Waals surface area (Å²) in [4.78, 5) is 17.5. The van der Waals surface area contributed by atoms with E-state index in [1.54, 1.807) is 0 Å². The van der Waals surface area contributed by atoms with E-state index in [9.17, 15) is 13.2 Å². The van der Waals surface area contributed by atoms with Crippen molar-refractivity contribution < 1.29 is 17.7 Å². The Kier molecular flexibility index (Phi) is 5.71. The average Bonchev–Trinajstić information content (AvgIpc) is 3.41. The summed E-state index contributed by atoms with van der Waals surface area (Å²) in [5.74, 6) is 1.15. The van der Waals surface area contributed by atoms with Gasteiger partial charge in [-0.05, 0) is 44.8 Å². The quantitative estimate of drug-likeness (QED) is 0.686. The summed E-state index contributed by atoms with van der Waals surface area (Å²) in [6.07, 6.45) is 2.43. The first-order chi connectivity index (χ1) is 13.8. The van der Waals surface area contributed by atoms with Gasteiger partial charge in [0.2, 0.25) is 5.91 Å². The molecule has 0 N–H and O–H groups in total. The number of sulfone groups is 1. The number of rotatable bonds is 5. The molecule has 2 aromatic rings. The zero-order chi connectivity index (χ0) is 20.6. The second kappa shape index (κ2) is 8.11. The molecule has 29 heavy (non-hydrogen) atoms. The van der Waals surface area contributed by atoms with E-state index in [-0.39, 0.29) is 35.9 Å². The van der Waals surface area contributed by atoms with Gasteiger partial charge in [-0.2, -0.15) is 0 Å². The van der Waals surface area contributed by atoms with Crippen molar-refractivity contribution in [3.05, 3.63) is 17.5 Å². The molecule has 0 aliphatic carbocycles. The lowest BCUT2D eigenvalue weighted by Crippen LogP contribution is -2.46. The van der Waals surface area contributed by atoms with E-state index >= 15 is 0 Å². The Morgan fingerprint density at radius 1 is 1.41 bits per heavy atom. The molecule has 4 heterocycles. The molecule has 0 radical (unpaired) electrons. The van der Waals surface area contributed by atoms with Crippen LogP contribution in [0.3, 0.4) is 0 Å². The van der Waals surface area contributed by atoms with Crippen LogP contribution in [0.4, 0.5) is 0 Å². The Bertz CT molecular complexity index is 986. The fourth-order valence-electron chi connectivity index (χ4n) is 4.10. The third kappa shape index (κ3) is 4.51. The zero-order valence-corrected chi connectivity index (χ0v) is 18.2. The fraction of sp³-hybridized carbons (Fsp3) is 0.667. The Morgan fingerprint density at radius 2 is 2.24 bits per heavy atom. The van der Waals surface area contributed by atoms with Gasteiger partial charge in [-0.25, -0.2) is 8.42 Å². The van der Waals surface area contributed by atoms with Gasteiger partial charge in [-0.3, -0.25) is 9.69 Å². The predicted molar refractivity (Wildman–Crippen MR) is 108 cm³/mol. The molecule has 11 heteroatoms. The van der Waals surface area contributed by atoms with Gasteiger partial charge in [0, 0.05) is 31.1 Å². The van der Waals surface area contributed by atoms with Gasteiger partial charge in [0.15, 0.2) is 15.6 Å². The molecular weight excluding hydrogens is 414 g/mol. The van der Waals surface area contributed by atoms with Crippen LogP contribution in [0.1, 0.15) is 36.6 Å². The van der Waals surface area contributed by atoms with Crippen molar-refractivity contribution >= 4 is 27.3 Å². The highest BCUT2D eigenvalue weighted by atomic mass is 32.2. The molecule has 158 valence electrons. The van der Waals surface area contributed by atoms with E-state index in [2.05, 4.69) is 14.7 Å². The Balaban J connectivity index is 1.41. The zero-order valence-electron chi connectivity index (χ0n) is 16.6.